The lowest BCUT2D eigenvalue weighted by molar-refractivity contribution is 0.575. The number of oxazole rings is 1. The topological polar surface area (TPSA) is 26.0 Å². The van der Waals surface area contributed by atoms with E-state index in [1.807, 2.05) is 18.2 Å². The predicted octanol–water partition coefficient (Wildman–Crippen LogP) is 5.97. The standard InChI is InChI=1S/C15H8Cl3NO/c16-10-6-4-9(5-7-10)13-8-20-15(19-13)11-2-1-3-12(17)14(11)18/h1-8H. The minimum absolute atomic E-state index is 0.429. The van der Waals surface area contributed by atoms with Crippen molar-refractivity contribution in [1.82, 2.24) is 4.98 Å². The average molecular weight is 325 g/mol. The van der Waals surface area contributed by atoms with E-state index in [0.29, 0.717) is 32.2 Å². The van der Waals surface area contributed by atoms with E-state index in [1.54, 1.807) is 30.5 Å². The van der Waals surface area contributed by atoms with Crippen LogP contribution in [0, 0.1) is 0 Å². The number of aromatic nitrogens is 1. The van der Waals surface area contributed by atoms with Crippen LogP contribution in [0.2, 0.25) is 15.1 Å². The summed E-state index contributed by atoms with van der Waals surface area (Å²) >= 11 is 18.0. The van der Waals surface area contributed by atoms with Crippen molar-refractivity contribution >= 4 is 34.8 Å². The molecule has 0 spiro atoms. The largest absolute Gasteiger partial charge is 0.444 e. The molecular formula is C15H8Cl3NO. The summed E-state index contributed by atoms with van der Waals surface area (Å²) < 4.78 is 5.48. The van der Waals surface area contributed by atoms with Gasteiger partial charge in [0.05, 0.1) is 15.6 Å². The van der Waals surface area contributed by atoms with Gasteiger partial charge in [-0.25, -0.2) is 4.98 Å². The quantitative estimate of drug-likeness (QED) is 0.580. The lowest BCUT2D eigenvalue weighted by Crippen LogP contribution is -1.82. The van der Waals surface area contributed by atoms with Crippen molar-refractivity contribution in [2.75, 3.05) is 0 Å². The molecule has 1 heterocycles. The molecule has 0 unspecified atom stereocenters. The minimum atomic E-state index is 0.429. The molecule has 1 aromatic heterocycles. The molecule has 5 heteroatoms. The summed E-state index contributed by atoms with van der Waals surface area (Å²) in [6.45, 7) is 0. The molecule has 0 fully saturated rings. The highest BCUT2D eigenvalue weighted by Crippen LogP contribution is 2.34. The molecule has 20 heavy (non-hydrogen) atoms. The Hall–Kier alpha value is -1.48. The highest BCUT2D eigenvalue weighted by molar-refractivity contribution is 6.43. The minimum Gasteiger partial charge on any atom is -0.444 e. The molecule has 2 aromatic carbocycles. The monoisotopic (exact) mass is 323 g/mol. The Morgan fingerprint density at radius 1 is 0.900 bits per heavy atom. The van der Waals surface area contributed by atoms with Crippen LogP contribution in [-0.4, -0.2) is 4.98 Å². The first kappa shape index (κ1) is 13.5. The first-order valence-corrected chi connectivity index (χ1v) is 6.94. The van der Waals surface area contributed by atoms with E-state index in [0.717, 1.165) is 5.56 Å². The van der Waals surface area contributed by atoms with E-state index in [1.165, 1.54) is 0 Å². The van der Waals surface area contributed by atoms with Gasteiger partial charge in [0.2, 0.25) is 5.89 Å². The lowest BCUT2D eigenvalue weighted by Gasteiger charge is -2.00. The molecule has 0 aliphatic heterocycles. The molecule has 2 nitrogen and oxygen atoms in total. The van der Waals surface area contributed by atoms with Gasteiger partial charge in [-0.05, 0) is 24.3 Å². The number of hydrogen-bond donors (Lipinski definition) is 0. The maximum atomic E-state index is 6.15. The number of nitrogens with zero attached hydrogens (tertiary/aromatic N) is 1. The molecule has 0 radical (unpaired) electrons. The van der Waals surface area contributed by atoms with Crippen LogP contribution < -0.4 is 0 Å². The molecule has 0 aliphatic rings. The van der Waals surface area contributed by atoms with E-state index in [4.69, 9.17) is 39.2 Å². The smallest absolute Gasteiger partial charge is 0.228 e. The highest BCUT2D eigenvalue weighted by atomic mass is 35.5. The van der Waals surface area contributed by atoms with E-state index < -0.39 is 0 Å². The zero-order valence-electron chi connectivity index (χ0n) is 10.1. The summed E-state index contributed by atoms with van der Waals surface area (Å²) in [6, 6.07) is 12.7. The van der Waals surface area contributed by atoms with E-state index in [-0.39, 0.29) is 0 Å². The van der Waals surface area contributed by atoms with Crippen LogP contribution >= 0.6 is 34.8 Å². The summed E-state index contributed by atoms with van der Waals surface area (Å²) in [6.07, 6.45) is 1.58. The van der Waals surface area contributed by atoms with E-state index in [2.05, 4.69) is 4.98 Å². The molecule has 0 aliphatic carbocycles. The molecule has 0 bridgehead atoms. The third kappa shape index (κ3) is 2.55. The van der Waals surface area contributed by atoms with Gasteiger partial charge in [0.1, 0.15) is 12.0 Å². The van der Waals surface area contributed by atoms with Crippen molar-refractivity contribution in [1.29, 1.82) is 0 Å². The van der Waals surface area contributed by atoms with E-state index >= 15 is 0 Å². The van der Waals surface area contributed by atoms with Gasteiger partial charge >= 0.3 is 0 Å². The number of rotatable bonds is 2. The fourth-order valence-corrected chi connectivity index (χ4v) is 2.33. The number of benzene rings is 2. The van der Waals surface area contributed by atoms with Crippen LogP contribution in [0.1, 0.15) is 0 Å². The maximum absolute atomic E-state index is 6.15. The number of hydrogen-bond acceptors (Lipinski definition) is 2. The zero-order valence-corrected chi connectivity index (χ0v) is 12.4. The second-order valence-electron chi connectivity index (χ2n) is 4.15. The van der Waals surface area contributed by atoms with Crippen molar-refractivity contribution < 1.29 is 4.42 Å². The van der Waals surface area contributed by atoms with E-state index in [9.17, 15) is 0 Å². The molecule has 0 saturated carbocycles. The van der Waals surface area contributed by atoms with Crippen molar-refractivity contribution in [3.8, 4) is 22.7 Å². The Kier molecular flexibility index (Phi) is 3.70. The van der Waals surface area contributed by atoms with Gasteiger partial charge in [0, 0.05) is 10.6 Å². The molecule has 0 atom stereocenters. The molecule has 0 N–H and O–H groups in total. The fourth-order valence-electron chi connectivity index (χ4n) is 1.82. The summed E-state index contributed by atoms with van der Waals surface area (Å²) in [4.78, 5) is 4.43. The Bertz CT molecular complexity index is 750. The van der Waals surface area contributed by atoms with Crippen molar-refractivity contribution in [3.05, 3.63) is 63.8 Å². The van der Waals surface area contributed by atoms with Crippen LogP contribution in [0.15, 0.2) is 53.1 Å². The van der Waals surface area contributed by atoms with Gasteiger partial charge in [-0.3, -0.25) is 0 Å². The van der Waals surface area contributed by atoms with Crippen LogP contribution in [-0.2, 0) is 0 Å². The van der Waals surface area contributed by atoms with Gasteiger partial charge < -0.3 is 4.42 Å². The first-order chi connectivity index (χ1) is 9.65. The first-order valence-electron chi connectivity index (χ1n) is 5.81. The van der Waals surface area contributed by atoms with Crippen LogP contribution in [0.5, 0.6) is 0 Å². The Labute approximate surface area is 130 Å². The van der Waals surface area contributed by atoms with Crippen LogP contribution in [0.25, 0.3) is 22.7 Å². The molecule has 3 aromatic rings. The van der Waals surface area contributed by atoms with Crippen molar-refractivity contribution in [3.63, 3.8) is 0 Å². The average Bonchev–Trinajstić information content (AvgIpc) is 2.92. The Morgan fingerprint density at radius 2 is 1.65 bits per heavy atom. The summed E-state index contributed by atoms with van der Waals surface area (Å²) in [5.74, 6) is 0.433. The summed E-state index contributed by atoms with van der Waals surface area (Å²) in [5.41, 5.74) is 2.30. The summed E-state index contributed by atoms with van der Waals surface area (Å²) in [5, 5.41) is 1.57. The zero-order chi connectivity index (χ0) is 14.1. The maximum Gasteiger partial charge on any atom is 0.228 e. The molecule has 0 saturated heterocycles. The Morgan fingerprint density at radius 3 is 2.40 bits per heavy atom. The van der Waals surface area contributed by atoms with Gasteiger partial charge in [-0.2, -0.15) is 0 Å². The van der Waals surface area contributed by atoms with Gasteiger partial charge in [0.25, 0.3) is 0 Å². The van der Waals surface area contributed by atoms with Gasteiger partial charge in [0.15, 0.2) is 0 Å². The normalized spacial score (nSPS) is 10.8. The third-order valence-corrected chi connectivity index (χ3v) is 3.90. The second kappa shape index (κ2) is 5.49. The second-order valence-corrected chi connectivity index (χ2v) is 5.37. The summed E-state index contributed by atoms with van der Waals surface area (Å²) in [7, 11) is 0. The SMILES string of the molecule is Clc1ccc(-c2coc(-c3cccc(Cl)c3Cl)n2)cc1. The van der Waals surface area contributed by atoms with Crippen LogP contribution in [0.3, 0.4) is 0 Å². The molecular weight excluding hydrogens is 317 g/mol. The van der Waals surface area contributed by atoms with Crippen LogP contribution in [0.4, 0.5) is 0 Å². The molecule has 3 rings (SSSR count). The number of halogens is 3. The highest BCUT2D eigenvalue weighted by Gasteiger charge is 2.13. The molecule has 0 amide bonds. The fraction of sp³-hybridized carbons (Fsp3) is 0. The van der Waals surface area contributed by atoms with Crippen molar-refractivity contribution in [2.45, 2.75) is 0 Å². The third-order valence-electron chi connectivity index (χ3n) is 2.83. The van der Waals surface area contributed by atoms with Gasteiger partial charge in [-0.1, -0.05) is 53.0 Å². The lowest BCUT2D eigenvalue weighted by atomic mass is 10.2. The Balaban J connectivity index is 2.02. The van der Waals surface area contributed by atoms with Crippen molar-refractivity contribution in [2.24, 2.45) is 0 Å². The predicted molar refractivity (Wildman–Crippen MR) is 82.4 cm³/mol. The van der Waals surface area contributed by atoms with Gasteiger partial charge in [-0.15, -0.1) is 0 Å². The molecule has 100 valence electrons.